The number of benzene rings is 1. The molecule has 2 N–H and O–H groups in total. The number of rotatable bonds is 5. The standard InChI is InChI=1S/C17H26N2O2/c1-13-4-3-5-15(10-13)12-19-8-6-14(7-9-19)11-16(18)17(20)21-2/h3-5,10,14,16H,6-9,11-12,18H2,1-2H3. The van der Waals surface area contributed by atoms with Gasteiger partial charge in [-0.3, -0.25) is 9.69 Å². The molecule has 1 aromatic rings. The predicted molar refractivity (Wildman–Crippen MR) is 83.8 cm³/mol. The summed E-state index contributed by atoms with van der Waals surface area (Å²) in [6.45, 7) is 5.29. The molecule has 1 aromatic carbocycles. The van der Waals surface area contributed by atoms with Gasteiger partial charge in [-0.2, -0.15) is 0 Å². The second-order valence-electron chi connectivity index (χ2n) is 6.07. The summed E-state index contributed by atoms with van der Waals surface area (Å²) in [5.74, 6) is 0.241. The first kappa shape index (κ1) is 16.0. The Labute approximate surface area is 127 Å². The number of carbonyl (C=O) groups is 1. The van der Waals surface area contributed by atoms with Crippen molar-refractivity contribution in [2.24, 2.45) is 11.7 Å². The highest BCUT2D eigenvalue weighted by Gasteiger charge is 2.24. The van der Waals surface area contributed by atoms with Crippen molar-refractivity contribution in [2.75, 3.05) is 20.2 Å². The number of piperidine rings is 1. The summed E-state index contributed by atoms with van der Waals surface area (Å²) >= 11 is 0. The first-order chi connectivity index (χ1) is 10.1. The third-order valence-electron chi connectivity index (χ3n) is 4.29. The van der Waals surface area contributed by atoms with E-state index in [2.05, 4.69) is 36.1 Å². The van der Waals surface area contributed by atoms with E-state index in [0.717, 1.165) is 38.9 Å². The molecule has 1 aliphatic rings. The van der Waals surface area contributed by atoms with E-state index in [-0.39, 0.29) is 5.97 Å². The van der Waals surface area contributed by atoms with Crippen molar-refractivity contribution in [3.05, 3.63) is 35.4 Å². The van der Waals surface area contributed by atoms with E-state index < -0.39 is 6.04 Å². The Balaban J connectivity index is 1.77. The van der Waals surface area contributed by atoms with Crippen LogP contribution >= 0.6 is 0 Å². The lowest BCUT2D eigenvalue weighted by Crippen LogP contribution is -2.38. The van der Waals surface area contributed by atoms with Crippen molar-refractivity contribution in [3.63, 3.8) is 0 Å². The molecule has 0 aromatic heterocycles. The van der Waals surface area contributed by atoms with E-state index in [1.54, 1.807) is 0 Å². The van der Waals surface area contributed by atoms with Gasteiger partial charge in [-0.1, -0.05) is 29.8 Å². The SMILES string of the molecule is COC(=O)C(N)CC1CCN(Cc2cccc(C)c2)CC1. The molecule has 1 fully saturated rings. The smallest absolute Gasteiger partial charge is 0.322 e. The summed E-state index contributed by atoms with van der Waals surface area (Å²) in [6, 6.07) is 8.21. The number of esters is 1. The van der Waals surface area contributed by atoms with Crippen LogP contribution in [0.3, 0.4) is 0 Å². The number of aryl methyl sites for hydroxylation is 1. The van der Waals surface area contributed by atoms with Crippen LogP contribution in [0.2, 0.25) is 0 Å². The van der Waals surface area contributed by atoms with Crippen LogP contribution < -0.4 is 5.73 Å². The lowest BCUT2D eigenvalue weighted by Gasteiger charge is -2.32. The maximum atomic E-state index is 11.4. The summed E-state index contributed by atoms with van der Waals surface area (Å²) < 4.78 is 4.69. The Morgan fingerprint density at radius 2 is 2.14 bits per heavy atom. The molecule has 0 aliphatic carbocycles. The average Bonchev–Trinajstić information content (AvgIpc) is 2.48. The first-order valence-electron chi connectivity index (χ1n) is 7.70. The molecule has 2 rings (SSSR count). The van der Waals surface area contributed by atoms with Crippen LogP contribution in [0, 0.1) is 12.8 Å². The first-order valence-corrected chi connectivity index (χ1v) is 7.70. The van der Waals surface area contributed by atoms with E-state index in [9.17, 15) is 4.79 Å². The van der Waals surface area contributed by atoms with E-state index in [0.29, 0.717) is 5.92 Å². The molecule has 1 saturated heterocycles. The summed E-state index contributed by atoms with van der Waals surface area (Å²) in [4.78, 5) is 13.8. The lowest BCUT2D eigenvalue weighted by atomic mass is 9.90. The molecule has 4 nitrogen and oxygen atoms in total. The monoisotopic (exact) mass is 290 g/mol. The minimum atomic E-state index is -0.469. The second kappa shape index (κ2) is 7.57. The van der Waals surface area contributed by atoms with Gasteiger partial charge in [0.25, 0.3) is 0 Å². The largest absolute Gasteiger partial charge is 0.468 e. The third kappa shape index (κ3) is 4.83. The number of carbonyl (C=O) groups excluding carboxylic acids is 1. The molecule has 21 heavy (non-hydrogen) atoms. The molecule has 116 valence electrons. The summed E-state index contributed by atoms with van der Waals surface area (Å²) in [5, 5.41) is 0. The predicted octanol–water partition coefficient (Wildman–Crippen LogP) is 2.10. The zero-order valence-electron chi connectivity index (χ0n) is 13.0. The molecule has 0 spiro atoms. The molecule has 0 saturated carbocycles. The number of ether oxygens (including phenoxy) is 1. The van der Waals surface area contributed by atoms with E-state index in [4.69, 9.17) is 10.5 Å². The lowest BCUT2D eigenvalue weighted by molar-refractivity contribution is -0.142. The van der Waals surface area contributed by atoms with Crippen LogP contribution in [-0.4, -0.2) is 37.1 Å². The Morgan fingerprint density at radius 1 is 1.43 bits per heavy atom. The summed E-state index contributed by atoms with van der Waals surface area (Å²) in [5.41, 5.74) is 8.53. The fraction of sp³-hybridized carbons (Fsp3) is 0.588. The Hall–Kier alpha value is -1.39. The number of methoxy groups -OCH3 is 1. The van der Waals surface area contributed by atoms with Crippen molar-refractivity contribution in [1.82, 2.24) is 4.90 Å². The van der Waals surface area contributed by atoms with Gasteiger partial charge in [-0.15, -0.1) is 0 Å². The van der Waals surface area contributed by atoms with E-state index in [1.165, 1.54) is 18.2 Å². The molecule has 1 unspecified atom stereocenters. The van der Waals surface area contributed by atoms with Gasteiger partial charge in [-0.05, 0) is 50.8 Å². The van der Waals surface area contributed by atoms with Crippen molar-refractivity contribution in [2.45, 2.75) is 38.8 Å². The molecule has 4 heteroatoms. The van der Waals surface area contributed by atoms with Crippen molar-refractivity contribution in [1.29, 1.82) is 0 Å². The molecule has 0 amide bonds. The maximum Gasteiger partial charge on any atom is 0.322 e. The Kier molecular flexibility index (Phi) is 5.76. The third-order valence-corrected chi connectivity index (χ3v) is 4.29. The highest BCUT2D eigenvalue weighted by Crippen LogP contribution is 2.23. The molecule has 1 heterocycles. The van der Waals surface area contributed by atoms with Crippen molar-refractivity contribution in [3.8, 4) is 0 Å². The normalized spacial score (nSPS) is 18.4. The Bertz CT molecular complexity index is 468. The zero-order valence-corrected chi connectivity index (χ0v) is 13.0. The fourth-order valence-electron chi connectivity index (χ4n) is 3.06. The van der Waals surface area contributed by atoms with Crippen LogP contribution in [-0.2, 0) is 16.1 Å². The van der Waals surface area contributed by atoms with Crippen LogP contribution in [0.25, 0.3) is 0 Å². The topological polar surface area (TPSA) is 55.6 Å². The minimum Gasteiger partial charge on any atom is -0.468 e. The van der Waals surface area contributed by atoms with Crippen molar-refractivity contribution < 1.29 is 9.53 Å². The van der Waals surface area contributed by atoms with Gasteiger partial charge in [-0.25, -0.2) is 0 Å². The van der Waals surface area contributed by atoms with Crippen molar-refractivity contribution >= 4 is 5.97 Å². The minimum absolute atomic E-state index is 0.294. The molecule has 0 bridgehead atoms. The summed E-state index contributed by atoms with van der Waals surface area (Å²) in [6.07, 6.45) is 2.96. The van der Waals surface area contributed by atoms with Gasteiger partial charge in [0.15, 0.2) is 0 Å². The molecular weight excluding hydrogens is 264 g/mol. The number of likely N-dealkylation sites (tertiary alicyclic amines) is 1. The highest BCUT2D eigenvalue weighted by molar-refractivity contribution is 5.75. The van der Waals surface area contributed by atoms with E-state index >= 15 is 0 Å². The molecule has 1 atom stereocenters. The zero-order chi connectivity index (χ0) is 15.2. The number of hydrogen-bond donors (Lipinski definition) is 1. The van der Waals surface area contributed by atoms with Gasteiger partial charge >= 0.3 is 5.97 Å². The van der Waals surface area contributed by atoms with E-state index in [1.807, 2.05) is 0 Å². The van der Waals surface area contributed by atoms with Gasteiger partial charge in [0.1, 0.15) is 6.04 Å². The summed E-state index contributed by atoms with van der Waals surface area (Å²) in [7, 11) is 1.40. The van der Waals surface area contributed by atoms with Gasteiger partial charge in [0.2, 0.25) is 0 Å². The van der Waals surface area contributed by atoms with Gasteiger partial charge in [0, 0.05) is 6.54 Å². The van der Waals surface area contributed by atoms with Crippen LogP contribution in [0.4, 0.5) is 0 Å². The maximum absolute atomic E-state index is 11.4. The molecule has 1 aliphatic heterocycles. The van der Waals surface area contributed by atoms with Gasteiger partial charge in [0.05, 0.1) is 7.11 Å². The number of hydrogen-bond acceptors (Lipinski definition) is 4. The fourth-order valence-corrected chi connectivity index (χ4v) is 3.06. The highest BCUT2D eigenvalue weighted by atomic mass is 16.5. The molecular formula is C17H26N2O2. The molecule has 0 radical (unpaired) electrons. The second-order valence-corrected chi connectivity index (χ2v) is 6.07. The number of nitrogens with zero attached hydrogens (tertiary/aromatic N) is 1. The van der Waals surface area contributed by atoms with Gasteiger partial charge < -0.3 is 10.5 Å². The van der Waals surface area contributed by atoms with Crippen LogP contribution in [0.1, 0.15) is 30.4 Å². The Morgan fingerprint density at radius 3 is 2.76 bits per heavy atom. The average molecular weight is 290 g/mol. The number of nitrogens with two attached hydrogens (primary N) is 1. The van der Waals surface area contributed by atoms with Crippen LogP contribution in [0.15, 0.2) is 24.3 Å². The quantitative estimate of drug-likeness (QED) is 0.844. The van der Waals surface area contributed by atoms with Crippen LogP contribution in [0.5, 0.6) is 0 Å².